The van der Waals surface area contributed by atoms with Crippen LogP contribution in [0, 0.1) is 30.6 Å². The molecular weight excluding hydrogens is 648 g/mol. The molecule has 6 rings (SSSR count). The van der Waals surface area contributed by atoms with E-state index >= 15 is 0 Å². The van der Waals surface area contributed by atoms with Gasteiger partial charge in [-0.15, -0.1) is 0 Å². The summed E-state index contributed by atoms with van der Waals surface area (Å²) in [6.07, 6.45) is 11.5. The number of carbonyl (C=O) groups excluding carboxylic acids is 2. The fourth-order valence-electron chi connectivity index (χ4n) is 8.16. The maximum atomic E-state index is 14.4. The van der Waals surface area contributed by atoms with Gasteiger partial charge in [0, 0.05) is 24.7 Å². The lowest BCUT2D eigenvalue weighted by atomic mass is 9.70. The van der Waals surface area contributed by atoms with Crippen LogP contribution in [-0.2, 0) is 28.5 Å². The topological polar surface area (TPSA) is 121 Å². The molecule has 51 heavy (non-hydrogen) atoms. The number of rotatable bonds is 4. The Morgan fingerprint density at radius 3 is 2.51 bits per heavy atom. The van der Waals surface area contributed by atoms with Gasteiger partial charge in [-0.05, 0) is 68.0 Å². The maximum absolute atomic E-state index is 14.4. The Balaban J connectivity index is 1.37. The minimum atomic E-state index is -1.87. The zero-order valence-corrected chi connectivity index (χ0v) is 30.9. The van der Waals surface area contributed by atoms with E-state index in [9.17, 15) is 19.8 Å². The number of ether oxygens (including phenoxy) is 5. The third-order valence-corrected chi connectivity index (χ3v) is 11.5. The van der Waals surface area contributed by atoms with Gasteiger partial charge in [0.15, 0.2) is 11.9 Å². The van der Waals surface area contributed by atoms with Crippen LogP contribution in [0.25, 0.3) is 0 Å². The van der Waals surface area contributed by atoms with Gasteiger partial charge in [-0.2, -0.15) is 0 Å². The van der Waals surface area contributed by atoms with Crippen LogP contribution in [0.1, 0.15) is 83.1 Å². The zero-order chi connectivity index (χ0) is 36.7. The monoisotopic (exact) mass is 702 g/mol. The van der Waals surface area contributed by atoms with Crippen LogP contribution in [0.2, 0.25) is 0 Å². The molecule has 9 heteroatoms. The van der Waals surface area contributed by atoms with Crippen LogP contribution < -0.4 is 0 Å². The van der Waals surface area contributed by atoms with Crippen molar-refractivity contribution in [2.24, 2.45) is 23.7 Å². The highest BCUT2D eigenvalue weighted by molar-refractivity contribution is 5.90. The fourth-order valence-corrected chi connectivity index (χ4v) is 8.16. The van der Waals surface area contributed by atoms with Gasteiger partial charge in [0.25, 0.3) is 0 Å². The van der Waals surface area contributed by atoms with E-state index < -0.39 is 53.7 Å². The molecule has 1 aromatic rings. The lowest BCUT2D eigenvalue weighted by molar-refractivity contribution is -0.300. The van der Waals surface area contributed by atoms with E-state index in [2.05, 4.69) is 26.8 Å². The smallest absolute Gasteiger partial charge is 0.338 e. The van der Waals surface area contributed by atoms with Gasteiger partial charge in [0.1, 0.15) is 23.7 Å². The van der Waals surface area contributed by atoms with Crippen molar-refractivity contribution < 1.29 is 43.5 Å². The van der Waals surface area contributed by atoms with Crippen LogP contribution in [-0.4, -0.2) is 76.8 Å². The number of aliphatic hydroxyl groups excluding tert-OH is 1. The standard InChI is InChI=1S/C42H54O9/c1-8-25(3)36-28(6)18-19-41(51-36)22-33-21-32(50-41)17-14-27(5)35(43)26(4)10-9-11-31-23-47-38-37(49-39(44)30-15-12-24(2)13-16-30)29(7)20-34(40(45)48-33)42(31,38)46/h9-16,18-20,25-26,28,32-38,43,46H,8,17,21-23H2,1-7H3/b10-9+,27-14+,31-11+/t25-,26-,28-,32+,33-,34-,35-,36+,37+,38+,41+,42+/m0/s1. The minimum absolute atomic E-state index is 0.0150. The number of hydrogen-bond acceptors (Lipinski definition) is 9. The van der Waals surface area contributed by atoms with Crippen molar-refractivity contribution in [1.82, 2.24) is 0 Å². The highest BCUT2D eigenvalue weighted by Crippen LogP contribution is 2.48. The number of aryl methyl sites for hydroxylation is 1. The van der Waals surface area contributed by atoms with Gasteiger partial charge in [-0.3, -0.25) is 4.79 Å². The molecule has 1 spiro atoms. The highest BCUT2D eigenvalue weighted by atomic mass is 16.7. The van der Waals surface area contributed by atoms with Gasteiger partial charge in [0.05, 0.1) is 30.5 Å². The third kappa shape index (κ3) is 7.46. The van der Waals surface area contributed by atoms with Crippen molar-refractivity contribution >= 4 is 11.9 Å². The van der Waals surface area contributed by atoms with Gasteiger partial charge < -0.3 is 33.9 Å². The Bertz CT molecular complexity index is 1620. The molecule has 0 radical (unpaired) electrons. The van der Waals surface area contributed by atoms with Crippen molar-refractivity contribution in [2.75, 3.05) is 6.61 Å². The van der Waals surface area contributed by atoms with E-state index in [-0.39, 0.29) is 36.6 Å². The van der Waals surface area contributed by atoms with Crippen molar-refractivity contribution in [3.8, 4) is 0 Å². The molecule has 12 atom stereocenters. The molecule has 2 bridgehead atoms. The van der Waals surface area contributed by atoms with E-state index in [1.807, 2.05) is 51.1 Å². The lowest BCUT2D eigenvalue weighted by Crippen LogP contribution is -2.59. The third-order valence-electron chi connectivity index (χ3n) is 11.5. The van der Waals surface area contributed by atoms with E-state index in [1.165, 1.54) is 0 Å². The first kappa shape index (κ1) is 37.4. The van der Waals surface area contributed by atoms with E-state index in [0.717, 1.165) is 17.6 Å². The second-order valence-electron chi connectivity index (χ2n) is 15.4. The maximum Gasteiger partial charge on any atom is 0.338 e. The number of esters is 2. The van der Waals surface area contributed by atoms with Crippen LogP contribution in [0.5, 0.6) is 0 Å². The molecular formula is C42H54O9. The number of fused-ring (bicyclic) bond motifs is 2. The number of hydrogen-bond donors (Lipinski definition) is 2. The largest absolute Gasteiger partial charge is 0.462 e. The van der Waals surface area contributed by atoms with E-state index in [1.54, 1.807) is 37.3 Å². The molecule has 4 aliphatic heterocycles. The van der Waals surface area contributed by atoms with Crippen molar-refractivity contribution in [3.63, 3.8) is 0 Å². The average Bonchev–Trinajstić information content (AvgIpc) is 3.44. The first-order valence-electron chi connectivity index (χ1n) is 18.5. The summed E-state index contributed by atoms with van der Waals surface area (Å²) in [4.78, 5) is 27.7. The molecule has 276 valence electrons. The molecule has 9 nitrogen and oxygen atoms in total. The predicted octanol–water partition coefficient (Wildman–Crippen LogP) is 6.48. The second kappa shape index (κ2) is 15.0. The molecule has 2 saturated heterocycles. The van der Waals surface area contributed by atoms with Crippen LogP contribution >= 0.6 is 0 Å². The van der Waals surface area contributed by atoms with Crippen molar-refractivity contribution in [2.45, 2.75) is 122 Å². The van der Waals surface area contributed by atoms with Crippen LogP contribution in [0.4, 0.5) is 0 Å². The lowest BCUT2D eigenvalue weighted by Gasteiger charge is -2.48. The molecule has 5 aliphatic rings. The molecule has 0 aromatic heterocycles. The minimum Gasteiger partial charge on any atom is -0.462 e. The summed E-state index contributed by atoms with van der Waals surface area (Å²) in [5.41, 5.74) is 1.37. The van der Waals surface area contributed by atoms with E-state index in [4.69, 9.17) is 23.7 Å². The Morgan fingerprint density at radius 2 is 1.78 bits per heavy atom. The van der Waals surface area contributed by atoms with Crippen LogP contribution in [0.15, 0.2) is 83.5 Å². The summed E-state index contributed by atoms with van der Waals surface area (Å²) >= 11 is 0. The summed E-state index contributed by atoms with van der Waals surface area (Å²) in [5.74, 6) is -3.15. The van der Waals surface area contributed by atoms with Gasteiger partial charge in [-0.1, -0.05) is 88.3 Å². The molecule has 2 fully saturated rings. The molecule has 4 heterocycles. The first-order chi connectivity index (χ1) is 24.2. The summed E-state index contributed by atoms with van der Waals surface area (Å²) < 4.78 is 32.1. The number of aliphatic hydroxyl groups is 2. The summed E-state index contributed by atoms with van der Waals surface area (Å²) in [6, 6.07) is 7.06. The van der Waals surface area contributed by atoms with E-state index in [0.29, 0.717) is 36.0 Å². The highest BCUT2D eigenvalue weighted by Gasteiger charge is 2.61. The molecule has 1 aliphatic carbocycles. The first-order valence-corrected chi connectivity index (χ1v) is 18.5. The summed E-state index contributed by atoms with van der Waals surface area (Å²) in [6.45, 7) is 14.0. The Kier molecular flexibility index (Phi) is 11.0. The summed E-state index contributed by atoms with van der Waals surface area (Å²) in [5, 5.41) is 23.9. The number of benzene rings is 1. The number of allylic oxidation sites excluding steroid dienone is 2. The Labute approximate surface area is 302 Å². The summed E-state index contributed by atoms with van der Waals surface area (Å²) in [7, 11) is 0. The normalized spacial score (nSPS) is 41.6. The Hall–Kier alpha value is -3.34. The zero-order valence-electron chi connectivity index (χ0n) is 30.9. The van der Waals surface area contributed by atoms with Gasteiger partial charge in [0.2, 0.25) is 0 Å². The molecule has 0 unspecified atom stereocenters. The van der Waals surface area contributed by atoms with Gasteiger partial charge in [-0.25, -0.2) is 4.79 Å². The van der Waals surface area contributed by atoms with Crippen LogP contribution in [0.3, 0.4) is 0 Å². The molecule has 1 aromatic carbocycles. The second-order valence-corrected chi connectivity index (χ2v) is 15.4. The fraction of sp³-hybridized carbons (Fsp3) is 0.571. The quantitative estimate of drug-likeness (QED) is 0.268. The average molecular weight is 703 g/mol. The van der Waals surface area contributed by atoms with Crippen molar-refractivity contribution in [1.29, 1.82) is 0 Å². The Morgan fingerprint density at radius 1 is 1.04 bits per heavy atom. The van der Waals surface area contributed by atoms with Gasteiger partial charge >= 0.3 is 11.9 Å². The molecule has 2 N–H and O–H groups in total. The number of carbonyl (C=O) groups is 2. The SMILES string of the molecule is CC[C@H](C)[C@H]1O[C@]2(C=C[C@@H]1C)C[C@@H]1C[C@@H](C/C=C(\C)[C@@H](O)[C@@H](C)/C=C/C=C3\CO[C@@H]4[C@H](OC(=O)c5ccc(C)cc5)C(C)=C[C@@H](C(=O)O1)[C@]34O)O2. The molecule has 0 amide bonds. The van der Waals surface area contributed by atoms with Crippen molar-refractivity contribution in [3.05, 3.63) is 94.6 Å². The predicted molar refractivity (Wildman–Crippen MR) is 192 cm³/mol. The molecule has 0 saturated carbocycles.